The molecule has 0 atom stereocenters. The third-order valence-electron chi connectivity index (χ3n) is 3.27. The summed E-state index contributed by atoms with van der Waals surface area (Å²) in [6, 6.07) is 8.41. The van der Waals surface area contributed by atoms with E-state index in [1.54, 1.807) is 18.2 Å². The molecule has 2 aromatic carbocycles. The molecule has 0 aliphatic carbocycles. The molecule has 0 unspecified atom stereocenters. The third kappa shape index (κ3) is 4.44. The van der Waals surface area contributed by atoms with Gasteiger partial charge in [0.2, 0.25) is 0 Å². The molecule has 1 N–H and O–H groups in total. The van der Waals surface area contributed by atoms with Crippen LogP contribution in [0.25, 0.3) is 0 Å². The standard InChI is InChI=1S/C16H16N4O6/c1-3-26-15-7-4-11(8-16(15)25-2)10-17-18-13-6-5-12(19(21)22)9-14(13)20(23)24/h4-10,18H,3H2,1-2H3/b17-10+. The van der Waals surface area contributed by atoms with Crippen molar-refractivity contribution in [2.45, 2.75) is 6.92 Å². The fraction of sp³-hybridized carbons (Fsp3) is 0.188. The number of hydrazone groups is 1. The van der Waals surface area contributed by atoms with Crippen LogP contribution < -0.4 is 14.9 Å². The largest absolute Gasteiger partial charge is 0.493 e. The Balaban J connectivity index is 2.20. The first kappa shape index (κ1) is 18.6. The number of benzene rings is 2. The van der Waals surface area contributed by atoms with Gasteiger partial charge in [0.1, 0.15) is 5.69 Å². The van der Waals surface area contributed by atoms with Crippen molar-refractivity contribution in [2.75, 3.05) is 19.1 Å². The minimum atomic E-state index is -0.717. The summed E-state index contributed by atoms with van der Waals surface area (Å²) in [6.45, 7) is 2.35. The zero-order valence-electron chi connectivity index (χ0n) is 14.0. The van der Waals surface area contributed by atoms with Gasteiger partial charge < -0.3 is 9.47 Å². The maximum absolute atomic E-state index is 11.1. The molecule has 10 nitrogen and oxygen atoms in total. The minimum absolute atomic E-state index is 0.0368. The summed E-state index contributed by atoms with van der Waals surface area (Å²) >= 11 is 0. The Bertz CT molecular complexity index is 853. The monoisotopic (exact) mass is 360 g/mol. The number of nitro benzene ring substituents is 2. The van der Waals surface area contributed by atoms with Gasteiger partial charge in [0, 0.05) is 6.07 Å². The predicted octanol–water partition coefficient (Wildman–Crippen LogP) is 3.36. The lowest BCUT2D eigenvalue weighted by atomic mass is 10.2. The zero-order chi connectivity index (χ0) is 19.1. The second-order valence-corrected chi connectivity index (χ2v) is 4.93. The van der Waals surface area contributed by atoms with Gasteiger partial charge in [0.15, 0.2) is 11.5 Å². The van der Waals surface area contributed by atoms with E-state index in [0.717, 1.165) is 12.1 Å². The minimum Gasteiger partial charge on any atom is -0.493 e. The molecule has 0 saturated carbocycles. The van der Waals surface area contributed by atoms with Gasteiger partial charge >= 0.3 is 5.69 Å². The van der Waals surface area contributed by atoms with Crippen LogP contribution in [0.5, 0.6) is 11.5 Å². The maximum atomic E-state index is 11.1. The molecule has 0 amide bonds. The third-order valence-corrected chi connectivity index (χ3v) is 3.27. The Hall–Kier alpha value is -3.69. The Labute approximate surface area is 148 Å². The molecule has 10 heteroatoms. The predicted molar refractivity (Wildman–Crippen MR) is 95.1 cm³/mol. The molecule has 0 aromatic heterocycles. The molecule has 0 aliphatic heterocycles. The lowest BCUT2D eigenvalue weighted by Gasteiger charge is -2.09. The molecular formula is C16H16N4O6. The summed E-state index contributed by atoms with van der Waals surface area (Å²) < 4.78 is 10.6. The van der Waals surface area contributed by atoms with E-state index in [-0.39, 0.29) is 11.4 Å². The summed E-state index contributed by atoms with van der Waals surface area (Å²) in [5.74, 6) is 1.11. The summed E-state index contributed by atoms with van der Waals surface area (Å²) in [6.07, 6.45) is 1.43. The molecule has 0 aliphatic rings. The number of non-ortho nitro benzene ring substituents is 1. The number of methoxy groups -OCH3 is 1. The fourth-order valence-electron chi connectivity index (χ4n) is 2.09. The molecule has 136 valence electrons. The van der Waals surface area contributed by atoms with Gasteiger partial charge in [0.25, 0.3) is 5.69 Å². The van der Waals surface area contributed by atoms with E-state index in [9.17, 15) is 20.2 Å². The van der Waals surface area contributed by atoms with Crippen molar-refractivity contribution in [2.24, 2.45) is 5.10 Å². The topological polar surface area (TPSA) is 129 Å². The highest BCUT2D eigenvalue weighted by molar-refractivity contribution is 5.82. The number of anilines is 1. The highest BCUT2D eigenvalue weighted by Crippen LogP contribution is 2.29. The van der Waals surface area contributed by atoms with Crippen LogP contribution in [0.15, 0.2) is 41.5 Å². The van der Waals surface area contributed by atoms with Gasteiger partial charge in [-0.05, 0) is 36.8 Å². The van der Waals surface area contributed by atoms with E-state index in [4.69, 9.17) is 9.47 Å². The van der Waals surface area contributed by atoms with Crippen molar-refractivity contribution < 1.29 is 19.3 Å². The first-order chi connectivity index (χ1) is 12.5. The number of hydrogen-bond acceptors (Lipinski definition) is 8. The van der Waals surface area contributed by atoms with Gasteiger partial charge in [-0.2, -0.15) is 5.10 Å². The molecule has 0 heterocycles. The van der Waals surface area contributed by atoms with Gasteiger partial charge in [0.05, 0.1) is 35.8 Å². The van der Waals surface area contributed by atoms with Crippen molar-refractivity contribution in [1.29, 1.82) is 0 Å². The highest BCUT2D eigenvalue weighted by Gasteiger charge is 2.19. The number of nitro groups is 2. The Morgan fingerprint density at radius 3 is 2.50 bits per heavy atom. The first-order valence-electron chi connectivity index (χ1n) is 7.49. The smallest absolute Gasteiger partial charge is 0.301 e. The van der Waals surface area contributed by atoms with Crippen molar-refractivity contribution in [3.05, 3.63) is 62.2 Å². The molecule has 26 heavy (non-hydrogen) atoms. The van der Waals surface area contributed by atoms with E-state index in [1.165, 1.54) is 19.4 Å². The average Bonchev–Trinajstić information content (AvgIpc) is 2.62. The second kappa shape index (κ2) is 8.42. The van der Waals surface area contributed by atoms with Crippen LogP contribution in [0.4, 0.5) is 17.1 Å². The second-order valence-electron chi connectivity index (χ2n) is 4.93. The van der Waals surface area contributed by atoms with Gasteiger partial charge in [-0.15, -0.1) is 0 Å². The Kier molecular flexibility index (Phi) is 6.04. The van der Waals surface area contributed by atoms with E-state index >= 15 is 0 Å². The van der Waals surface area contributed by atoms with Crippen LogP contribution in [-0.4, -0.2) is 29.8 Å². The summed E-state index contributed by atoms with van der Waals surface area (Å²) in [4.78, 5) is 20.4. The molecule has 2 aromatic rings. The molecule has 0 fully saturated rings. The van der Waals surface area contributed by atoms with Crippen LogP contribution in [0.1, 0.15) is 12.5 Å². The van der Waals surface area contributed by atoms with Crippen molar-refractivity contribution in [3.8, 4) is 11.5 Å². The molecular weight excluding hydrogens is 344 g/mol. The summed E-state index contributed by atoms with van der Waals surface area (Å²) in [7, 11) is 1.51. The maximum Gasteiger partial charge on any atom is 0.301 e. The van der Waals surface area contributed by atoms with Crippen LogP contribution >= 0.6 is 0 Å². The summed E-state index contributed by atoms with van der Waals surface area (Å²) in [5.41, 5.74) is 2.41. The van der Waals surface area contributed by atoms with E-state index < -0.39 is 15.5 Å². The lowest BCUT2D eigenvalue weighted by molar-refractivity contribution is -0.393. The number of hydrogen-bond donors (Lipinski definition) is 1. The number of rotatable bonds is 8. The normalized spacial score (nSPS) is 10.5. The quantitative estimate of drug-likeness (QED) is 0.434. The SMILES string of the molecule is CCOc1ccc(/C=N/Nc2ccc([N+](=O)[O-])cc2[N+](=O)[O-])cc1OC. The first-order valence-corrected chi connectivity index (χ1v) is 7.49. The van der Waals surface area contributed by atoms with Gasteiger partial charge in [-0.1, -0.05) is 0 Å². The molecule has 0 saturated heterocycles. The fourth-order valence-corrected chi connectivity index (χ4v) is 2.09. The summed E-state index contributed by atoms with van der Waals surface area (Å²) in [5, 5.41) is 25.7. The molecule has 0 bridgehead atoms. The van der Waals surface area contributed by atoms with Gasteiger partial charge in [-0.25, -0.2) is 0 Å². The number of nitrogens with zero attached hydrogens (tertiary/aromatic N) is 3. The Morgan fingerprint density at radius 2 is 1.88 bits per heavy atom. The Morgan fingerprint density at radius 1 is 1.12 bits per heavy atom. The van der Waals surface area contributed by atoms with Crippen LogP contribution in [0.3, 0.4) is 0 Å². The number of ether oxygens (including phenoxy) is 2. The van der Waals surface area contributed by atoms with E-state index in [1.807, 2.05) is 6.92 Å². The van der Waals surface area contributed by atoms with E-state index in [2.05, 4.69) is 10.5 Å². The van der Waals surface area contributed by atoms with Crippen LogP contribution in [0.2, 0.25) is 0 Å². The number of nitrogens with one attached hydrogen (secondary N) is 1. The molecule has 0 radical (unpaired) electrons. The van der Waals surface area contributed by atoms with Crippen molar-refractivity contribution >= 4 is 23.3 Å². The molecule has 0 spiro atoms. The zero-order valence-corrected chi connectivity index (χ0v) is 14.0. The van der Waals surface area contributed by atoms with Crippen LogP contribution in [0, 0.1) is 20.2 Å². The van der Waals surface area contributed by atoms with Crippen molar-refractivity contribution in [1.82, 2.24) is 0 Å². The van der Waals surface area contributed by atoms with Gasteiger partial charge in [-0.3, -0.25) is 25.7 Å². The average molecular weight is 360 g/mol. The van der Waals surface area contributed by atoms with E-state index in [0.29, 0.717) is 23.7 Å². The molecule has 2 rings (SSSR count). The van der Waals surface area contributed by atoms with Crippen molar-refractivity contribution in [3.63, 3.8) is 0 Å². The van der Waals surface area contributed by atoms with Crippen LogP contribution in [-0.2, 0) is 0 Å². The lowest BCUT2D eigenvalue weighted by Crippen LogP contribution is -1.99. The highest BCUT2D eigenvalue weighted by atomic mass is 16.6.